The van der Waals surface area contributed by atoms with Crippen molar-refractivity contribution in [3.8, 4) is 5.75 Å². The zero-order valence-corrected chi connectivity index (χ0v) is 12.5. The van der Waals surface area contributed by atoms with Crippen LogP contribution in [0.25, 0.3) is 0 Å². The lowest BCUT2D eigenvalue weighted by atomic mass is 10.1. The molecule has 1 aliphatic rings. The molecule has 2 N–H and O–H groups in total. The van der Waals surface area contributed by atoms with Crippen molar-refractivity contribution in [1.82, 2.24) is 9.78 Å². The van der Waals surface area contributed by atoms with Gasteiger partial charge in [-0.25, -0.2) is 0 Å². The molecular formula is C17H23N3O. The molecule has 3 rings (SSSR count). The molecule has 21 heavy (non-hydrogen) atoms. The van der Waals surface area contributed by atoms with Crippen molar-refractivity contribution in [2.75, 3.05) is 0 Å². The predicted octanol–water partition coefficient (Wildman–Crippen LogP) is 3.60. The van der Waals surface area contributed by atoms with Gasteiger partial charge in [0.1, 0.15) is 12.4 Å². The van der Waals surface area contributed by atoms with E-state index < -0.39 is 0 Å². The Morgan fingerprint density at radius 3 is 2.90 bits per heavy atom. The monoisotopic (exact) mass is 285 g/mol. The fourth-order valence-electron chi connectivity index (χ4n) is 2.87. The average Bonchev–Trinajstić information content (AvgIpc) is 3.16. The summed E-state index contributed by atoms with van der Waals surface area (Å²) >= 11 is 0. The summed E-state index contributed by atoms with van der Waals surface area (Å²) in [6.45, 7) is 2.48. The third-order valence-electron chi connectivity index (χ3n) is 4.13. The Bertz CT molecular complexity index is 585. The van der Waals surface area contributed by atoms with Gasteiger partial charge in [0.15, 0.2) is 0 Å². The van der Waals surface area contributed by atoms with Crippen LogP contribution in [0.5, 0.6) is 5.75 Å². The van der Waals surface area contributed by atoms with Gasteiger partial charge in [0.25, 0.3) is 0 Å². The highest BCUT2D eigenvalue weighted by Crippen LogP contribution is 2.28. The van der Waals surface area contributed by atoms with Crippen LogP contribution >= 0.6 is 0 Å². The molecule has 1 aromatic heterocycles. The second-order valence-corrected chi connectivity index (χ2v) is 5.88. The van der Waals surface area contributed by atoms with Gasteiger partial charge >= 0.3 is 0 Å². The van der Waals surface area contributed by atoms with E-state index in [1.807, 2.05) is 37.3 Å². The fourth-order valence-corrected chi connectivity index (χ4v) is 2.87. The summed E-state index contributed by atoms with van der Waals surface area (Å²) in [5.74, 6) is 0.847. The Morgan fingerprint density at radius 2 is 2.14 bits per heavy atom. The minimum Gasteiger partial charge on any atom is -0.487 e. The van der Waals surface area contributed by atoms with Crippen LogP contribution in [-0.2, 0) is 6.61 Å². The number of rotatable bonds is 5. The molecule has 1 aliphatic carbocycles. The Hall–Kier alpha value is -1.81. The molecule has 1 saturated carbocycles. The maximum Gasteiger partial charge on any atom is 0.132 e. The van der Waals surface area contributed by atoms with Gasteiger partial charge in [-0.2, -0.15) is 5.10 Å². The SMILES string of the molecule is CC(N)c1cccc(OCc2ccn(C3CCCC3)n2)c1. The van der Waals surface area contributed by atoms with Crippen LogP contribution in [-0.4, -0.2) is 9.78 Å². The van der Waals surface area contributed by atoms with Crippen LogP contribution in [0.2, 0.25) is 0 Å². The summed E-state index contributed by atoms with van der Waals surface area (Å²) in [7, 11) is 0. The number of benzene rings is 1. The summed E-state index contributed by atoms with van der Waals surface area (Å²) in [5.41, 5.74) is 7.96. The first-order valence-corrected chi connectivity index (χ1v) is 7.75. The summed E-state index contributed by atoms with van der Waals surface area (Å²) in [5, 5.41) is 4.63. The van der Waals surface area contributed by atoms with E-state index >= 15 is 0 Å². The lowest BCUT2D eigenvalue weighted by molar-refractivity contribution is 0.297. The Labute approximate surface area is 125 Å². The van der Waals surface area contributed by atoms with Crippen LogP contribution in [0.4, 0.5) is 0 Å². The molecule has 0 bridgehead atoms. The van der Waals surface area contributed by atoms with Crippen LogP contribution in [0.1, 0.15) is 55.9 Å². The quantitative estimate of drug-likeness (QED) is 0.913. The number of nitrogens with zero attached hydrogens (tertiary/aromatic N) is 2. The van der Waals surface area contributed by atoms with Gasteiger partial charge in [-0.15, -0.1) is 0 Å². The summed E-state index contributed by atoms with van der Waals surface area (Å²) < 4.78 is 7.93. The summed E-state index contributed by atoms with van der Waals surface area (Å²) in [6, 6.07) is 10.6. The van der Waals surface area contributed by atoms with E-state index in [0.29, 0.717) is 12.6 Å². The largest absolute Gasteiger partial charge is 0.487 e. The molecule has 0 spiro atoms. The molecule has 1 atom stereocenters. The molecule has 112 valence electrons. The maximum atomic E-state index is 5.89. The standard InChI is InChI=1S/C17H23N3O/c1-13(18)14-5-4-8-17(11-14)21-12-15-9-10-20(19-15)16-6-2-3-7-16/h4-5,8-11,13,16H,2-3,6-7,12,18H2,1H3. The second kappa shape index (κ2) is 6.31. The lowest BCUT2D eigenvalue weighted by Gasteiger charge is -2.10. The highest BCUT2D eigenvalue weighted by Gasteiger charge is 2.17. The molecule has 0 amide bonds. The molecule has 1 unspecified atom stereocenters. The Kier molecular flexibility index (Phi) is 4.25. The molecular weight excluding hydrogens is 262 g/mol. The third kappa shape index (κ3) is 3.45. The van der Waals surface area contributed by atoms with Crippen LogP contribution in [0.3, 0.4) is 0 Å². The molecule has 0 saturated heterocycles. The molecule has 2 aromatic rings. The van der Waals surface area contributed by atoms with Crippen molar-refractivity contribution in [2.24, 2.45) is 5.73 Å². The molecule has 0 aliphatic heterocycles. The molecule has 0 radical (unpaired) electrons. The van der Waals surface area contributed by atoms with Crippen molar-refractivity contribution < 1.29 is 4.74 Å². The average molecular weight is 285 g/mol. The van der Waals surface area contributed by atoms with Gasteiger partial charge in [-0.05, 0) is 43.5 Å². The minimum absolute atomic E-state index is 0.0233. The predicted molar refractivity (Wildman–Crippen MR) is 83.1 cm³/mol. The van der Waals surface area contributed by atoms with E-state index in [2.05, 4.69) is 16.0 Å². The number of hydrogen-bond acceptors (Lipinski definition) is 3. The van der Waals surface area contributed by atoms with E-state index in [-0.39, 0.29) is 6.04 Å². The van der Waals surface area contributed by atoms with Crippen LogP contribution in [0.15, 0.2) is 36.5 Å². The van der Waals surface area contributed by atoms with Crippen molar-refractivity contribution >= 4 is 0 Å². The molecule has 1 aromatic carbocycles. The number of hydrogen-bond donors (Lipinski definition) is 1. The first kappa shape index (κ1) is 14.1. The van der Waals surface area contributed by atoms with Gasteiger partial charge in [0.05, 0.1) is 11.7 Å². The van der Waals surface area contributed by atoms with Crippen molar-refractivity contribution in [3.05, 3.63) is 47.8 Å². The smallest absolute Gasteiger partial charge is 0.132 e. The fraction of sp³-hybridized carbons (Fsp3) is 0.471. The van der Waals surface area contributed by atoms with Gasteiger partial charge in [0, 0.05) is 12.2 Å². The number of ether oxygens (including phenoxy) is 1. The first-order valence-electron chi connectivity index (χ1n) is 7.75. The zero-order chi connectivity index (χ0) is 14.7. The number of nitrogens with two attached hydrogens (primary N) is 1. The van der Waals surface area contributed by atoms with E-state index in [0.717, 1.165) is 17.0 Å². The van der Waals surface area contributed by atoms with Crippen molar-refractivity contribution in [1.29, 1.82) is 0 Å². The Balaban J connectivity index is 1.61. The normalized spacial score (nSPS) is 17.0. The topological polar surface area (TPSA) is 53.1 Å². The van der Waals surface area contributed by atoms with E-state index in [9.17, 15) is 0 Å². The Morgan fingerprint density at radius 1 is 1.33 bits per heavy atom. The van der Waals surface area contributed by atoms with Gasteiger partial charge in [-0.3, -0.25) is 4.68 Å². The maximum absolute atomic E-state index is 5.89. The minimum atomic E-state index is 0.0233. The third-order valence-corrected chi connectivity index (χ3v) is 4.13. The highest BCUT2D eigenvalue weighted by molar-refractivity contribution is 5.30. The molecule has 4 heteroatoms. The van der Waals surface area contributed by atoms with E-state index in [1.54, 1.807) is 0 Å². The van der Waals surface area contributed by atoms with Crippen molar-refractivity contribution in [2.45, 2.75) is 51.3 Å². The first-order chi connectivity index (χ1) is 10.2. The highest BCUT2D eigenvalue weighted by atomic mass is 16.5. The van der Waals surface area contributed by atoms with Gasteiger partial charge < -0.3 is 10.5 Å². The molecule has 1 fully saturated rings. The van der Waals surface area contributed by atoms with E-state index in [1.165, 1.54) is 25.7 Å². The van der Waals surface area contributed by atoms with E-state index in [4.69, 9.17) is 10.5 Å². The van der Waals surface area contributed by atoms with Gasteiger partial charge in [-0.1, -0.05) is 25.0 Å². The number of aromatic nitrogens is 2. The molecule has 4 nitrogen and oxygen atoms in total. The van der Waals surface area contributed by atoms with Crippen LogP contribution in [0, 0.1) is 0 Å². The van der Waals surface area contributed by atoms with Crippen LogP contribution < -0.4 is 10.5 Å². The second-order valence-electron chi connectivity index (χ2n) is 5.88. The van der Waals surface area contributed by atoms with Gasteiger partial charge in [0.2, 0.25) is 0 Å². The zero-order valence-electron chi connectivity index (χ0n) is 12.5. The van der Waals surface area contributed by atoms with Crippen molar-refractivity contribution in [3.63, 3.8) is 0 Å². The lowest BCUT2D eigenvalue weighted by Crippen LogP contribution is -2.07. The summed E-state index contributed by atoms with van der Waals surface area (Å²) in [6.07, 6.45) is 7.21. The molecule has 1 heterocycles. The summed E-state index contributed by atoms with van der Waals surface area (Å²) in [4.78, 5) is 0.